The Morgan fingerprint density at radius 3 is 2.68 bits per heavy atom. The van der Waals surface area contributed by atoms with Gasteiger partial charge < -0.3 is 15.0 Å². The molecule has 6 rings (SSSR count). The van der Waals surface area contributed by atoms with Gasteiger partial charge in [0.15, 0.2) is 0 Å². The summed E-state index contributed by atoms with van der Waals surface area (Å²) < 4.78 is 6.70. The van der Waals surface area contributed by atoms with E-state index in [4.69, 9.17) is 4.74 Å². The maximum atomic E-state index is 12.8. The standard InChI is InChI=1S/C25H27N5O5S.ClH/c1-12(18-10-26-6-7-35-18)21-17(30(33)34)9-15(28-21)14-4-5-27-16-8-13(36-22(14)16)11-29-23(31)19-20(24(29)32)25(19,2)3;/h4-5,8-9,12,18-20,26,28H,6-7,10-11H2,1-3H3;1H/t12?,18-,19?,20?;/m0./s1. The summed E-state index contributed by atoms with van der Waals surface area (Å²) in [5, 5.41) is 15.2. The number of likely N-dealkylation sites (tertiary alicyclic amines) is 1. The number of H-pyrrole nitrogens is 1. The molecule has 2 amide bonds. The number of aromatic amines is 1. The SMILES string of the molecule is CC(c1[nH]c(-c2ccnc3cc(CN4C(=O)C5C(C4=O)C5(C)C)sc23)cc1[N+](=O)[O-])[C@@H]1CNCCO1.Cl. The Bertz CT molecular complexity index is 1390. The second-order valence-electron chi connectivity index (χ2n) is 10.5. The molecule has 1 aliphatic carbocycles. The fraction of sp³-hybridized carbons (Fsp3) is 0.480. The van der Waals surface area contributed by atoms with Gasteiger partial charge in [-0.2, -0.15) is 0 Å². The fourth-order valence-electron chi connectivity index (χ4n) is 5.79. The van der Waals surface area contributed by atoms with Crippen molar-refractivity contribution in [1.29, 1.82) is 0 Å². The minimum absolute atomic E-state index is 0. The monoisotopic (exact) mass is 545 g/mol. The van der Waals surface area contributed by atoms with Crippen molar-refractivity contribution in [2.75, 3.05) is 19.7 Å². The zero-order chi connectivity index (χ0) is 25.4. The van der Waals surface area contributed by atoms with Crippen molar-refractivity contribution in [3.8, 4) is 11.3 Å². The summed E-state index contributed by atoms with van der Waals surface area (Å²) in [6.45, 7) is 8.06. The van der Waals surface area contributed by atoms with Crippen molar-refractivity contribution in [3.05, 3.63) is 45.1 Å². The van der Waals surface area contributed by atoms with Crippen molar-refractivity contribution in [3.63, 3.8) is 0 Å². The fourth-order valence-corrected chi connectivity index (χ4v) is 6.92. The molecule has 2 N–H and O–H groups in total. The van der Waals surface area contributed by atoms with Crippen molar-refractivity contribution < 1.29 is 19.2 Å². The molecule has 0 radical (unpaired) electrons. The highest BCUT2D eigenvalue weighted by atomic mass is 35.5. The number of piperidine rings is 1. The molecular formula is C25H28ClN5O5S. The van der Waals surface area contributed by atoms with Crippen LogP contribution in [-0.4, -0.2) is 57.4 Å². The number of fused-ring (bicyclic) bond motifs is 2. The van der Waals surface area contributed by atoms with Crippen LogP contribution in [0.25, 0.3) is 21.5 Å². The predicted molar refractivity (Wildman–Crippen MR) is 141 cm³/mol. The number of pyridine rings is 1. The van der Waals surface area contributed by atoms with Crippen LogP contribution in [0.4, 0.5) is 5.69 Å². The summed E-state index contributed by atoms with van der Waals surface area (Å²) in [5.74, 6) is -0.823. The van der Waals surface area contributed by atoms with Crippen LogP contribution >= 0.6 is 23.7 Å². The number of halogens is 1. The van der Waals surface area contributed by atoms with Gasteiger partial charge in [-0.25, -0.2) is 0 Å². The van der Waals surface area contributed by atoms with Gasteiger partial charge in [-0.05, 0) is 17.5 Å². The van der Waals surface area contributed by atoms with E-state index in [2.05, 4.69) is 15.3 Å². The van der Waals surface area contributed by atoms with E-state index >= 15 is 0 Å². The summed E-state index contributed by atoms with van der Waals surface area (Å²) in [7, 11) is 0. The number of nitro groups is 1. The summed E-state index contributed by atoms with van der Waals surface area (Å²) >= 11 is 1.45. The molecule has 4 atom stereocenters. The molecule has 3 unspecified atom stereocenters. The number of carbonyl (C=O) groups excluding carboxylic acids is 2. The molecular weight excluding hydrogens is 518 g/mol. The molecule has 12 heteroatoms. The Hall–Kier alpha value is -2.86. The highest BCUT2D eigenvalue weighted by Gasteiger charge is 2.72. The minimum atomic E-state index is -0.363. The van der Waals surface area contributed by atoms with E-state index in [9.17, 15) is 19.7 Å². The zero-order valence-corrected chi connectivity index (χ0v) is 22.3. The molecule has 5 heterocycles. The second kappa shape index (κ2) is 9.16. The second-order valence-corrected chi connectivity index (χ2v) is 11.6. The van der Waals surface area contributed by atoms with Gasteiger partial charge in [0.05, 0.1) is 57.6 Å². The number of morpholine rings is 1. The number of ether oxygens (including phenoxy) is 1. The maximum absolute atomic E-state index is 12.8. The van der Waals surface area contributed by atoms with Gasteiger partial charge in [0.25, 0.3) is 5.69 Å². The van der Waals surface area contributed by atoms with Crippen LogP contribution in [0, 0.1) is 27.4 Å². The summed E-state index contributed by atoms with van der Waals surface area (Å²) in [4.78, 5) is 47.1. The molecule has 3 aromatic heterocycles. The lowest BCUT2D eigenvalue weighted by Gasteiger charge is -2.28. The highest BCUT2D eigenvalue weighted by molar-refractivity contribution is 7.19. The van der Waals surface area contributed by atoms with Crippen molar-refractivity contribution in [2.24, 2.45) is 17.3 Å². The molecule has 3 aromatic rings. The Morgan fingerprint density at radius 1 is 1.30 bits per heavy atom. The quantitative estimate of drug-likeness (QED) is 0.273. The van der Waals surface area contributed by atoms with E-state index < -0.39 is 0 Å². The van der Waals surface area contributed by atoms with E-state index in [-0.39, 0.29) is 70.6 Å². The van der Waals surface area contributed by atoms with Gasteiger partial charge >= 0.3 is 0 Å². The minimum Gasteiger partial charge on any atom is -0.375 e. The van der Waals surface area contributed by atoms with Gasteiger partial charge in [-0.3, -0.25) is 29.6 Å². The number of nitrogens with one attached hydrogen (secondary N) is 2. The largest absolute Gasteiger partial charge is 0.375 e. The summed E-state index contributed by atoms with van der Waals surface area (Å²) in [5.41, 5.74) is 2.47. The van der Waals surface area contributed by atoms with Crippen LogP contribution < -0.4 is 5.32 Å². The number of hydrogen-bond donors (Lipinski definition) is 2. The third-order valence-electron chi connectivity index (χ3n) is 7.95. The summed E-state index contributed by atoms with van der Waals surface area (Å²) in [6.07, 6.45) is 1.50. The van der Waals surface area contributed by atoms with Crippen molar-refractivity contribution in [1.82, 2.24) is 20.2 Å². The number of imide groups is 1. The molecule has 1 saturated carbocycles. The van der Waals surface area contributed by atoms with Gasteiger partial charge in [0.2, 0.25) is 11.8 Å². The molecule has 0 bridgehead atoms. The van der Waals surface area contributed by atoms with Crippen LogP contribution in [0.5, 0.6) is 0 Å². The van der Waals surface area contributed by atoms with Gasteiger partial charge in [-0.1, -0.05) is 20.8 Å². The lowest BCUT2D eigenvalue weighted by atomic mass is 9.99. The number of amides is 2. The first-order valence-corrected chi connectivity index (χ1v) is 12.9. The third kappa shape index (κ3) is 4.04. The van der Waals surface area contributed by atoms with E-state index in [0.29, 0.717) is 24.5 Å². The van der Waals surface area contributed by atoms with Crippen LogP contribution in [-0.2, 0) is 20.9 Å². The van der Waals surface area contributed by atoms with Crippen LogP contribution in [0.15, 0.2) is 24.4 Å². The van der Waals surface area contributed by atoms with E-state index in [0.717, 1.165) is 27.2 Å². The first-order valence-electron chi connectivity index (χ1n) is 12.1. The first kappa shape index (κ1) is 25.8. The number of nitrogens with zero attached hydrogens (tertiary/aromatic N) is 3. The number of thiophene rings is 1. The Morgan fingerprint density at radius 2 is 2.03 bits per heavy atom. The predicted octanol–water partition coefficient (Wildman–Crippen LogP) is 3.85. The normalized spacial score (nSPS) is 25.2. The number of aromatic nitrogens is 2. The molecule has 2 saturated heterocycles. The molecule has 37 heavy (non-hydrogen) atoms. The lowest BCUT2D eigenvalue weighted by molar-refractivity contribution is -0.385. The molecule has 3 fully saturated rings. The van der Waals surface area contributed by atoms with Crippen LogP contribution in [0.1, 0.15) is 37.3 Å². The first-order chi connectivity index (χ1) is 17.2. The van der Waals surface area contributed by atoms with Gasteiger partial charge in [0, 0.05) is 41.7 Å². The zero-order valence-electron chi connectivity index (χ0n) is 20.6. The number of rotatable bonds is 6. The van der Waals surface area contributed by atoms with Crippen LogP contribution in [0.2, 0.25) is 0 Å². The van der Waals surface area contributed by atoms with Crippen molar-refractivity contribution >= 4 is 51.5 Å². The van der Waals surface area contributed by atoms with E-state index in [1.165, 1.54) is 16.2 Å². The number of hydrogen-bond acceptors (Lipinski definition) is 8. The average Bonchev–Trinajstić information content (AvgIpc) is 3.25. The molecule has 2 aliphatic heterocycles. The molecule has 3 aliphatic rings. The summed E-state index contributed by atoms with van der Waals surface area (Å²) in [6, 6.07) is 5.29. The van der Waals surface area contributed by atoms with E-state index in [1.54, 1.807) is 12.3 Å². The van der Waals surface area contributed by atoms with Crippen molar-refractivity contribution in [2.45, 2.75) is 39.3 Å². The highest BCUT2D eigenvalue weighted by Crippen LogP contribution is 2.63. The smallest absolute Gasteiger partial charge is 0.290 e. The Kier molecular flexibility index (Phi) is 6.38. The number of carbonyl (C=O) groups is 2. The molecule has 196 valence electrons. The Balaban J connectivity index is 0.00000280. The molecule has 0 spiro atoms. The maximum Gasteiger partial charge on any atom is 0.290 e. The topological polar surface area (TPSA) is 130 Å². The van der Waals surface area contributed by atoms with Crippen LogP contribution in [0.3, 0.4) is 0 Å². The molecule has 10 nitrogen and oxygen atoms in total. The third-order valence-corrected chi connectivity index (χ3v) is 9.09. The van der Waals surface area contributed by atoms with E-state index in [1.807, 2.05) is 32.9 Å². The van der Waals surface area contributed by atoms with Gasteiger partial charge in [-0.15, -0.1) is 23.7 Å². The Labute approximate surface area is 223 Å². The lowest BCUT2D eigenvalue weighted by Crippen LogP contribution is -2.41. The van der Waals surface area contributed by atoms with Gasteiger partial charge in [0.1, 0.15) is 0 Å². The average molecular weight is 546 g/mol. The molecule has 0 aromatic carbocycles.